The molecule has 1 amide bonds. The number of benzene rings is 2. The number of rotatable bonds is 7. The summed E-state index contributed by atoms with van der Waals surface area (Å²) in [4.78, 5) is 16.2. The third kappa shape index (κ3) is 5.66. The first-order chi connectivity index (χ1) is 12.5. The van der Waals surface area contributed by atoms with E-state index in [2.05, 4.69) is 31.6 Å². The lowest BCUT2D eigenvalue weighted by Crippen LogP contribution is -2.28. The predicted molar refractivity (Wildman–Crippen MR) is 106 cm³/mol. The molecule has 2 rings (SSSR count). The first-order valence-corrected chi connectivity index (χ1v) is 8.65. The van der Waals surface area contributed by atoms with Gasteiger partial charge >= 0.3 is 0 Å². The van der Waals surface area contributed by atoms with Crippen LogP contribution in [0.15, 0.2) is 51.9 Å². The second-order valence-electron chi connectivity index (χ2n) is 5.22. The molecule has 0 atom stereocenters. The van der Waals surface area contributed by atoms with Crippen LogP contribution >= 0.6 is 15.9 Å². The molecule has 0 aliphatic carbocycles. The monoisotopic (exact) mass is 420 g/mol. The molecule has 4 N–H and O–H groups in total. The number of methoxy groups -OCH3 is 2. The van der Waals surface area contributed by atoms with Crippen LogP contribution in [0.5, 0.6) is 11.5 Å². The zero-order chi connectivity index (χ0) is 18.9. The van der Waals surface area contributed by atoms with Crippen molar-refractivity contribution in [1.29, 1.82) is 0 Å². The molecule has 2 aromatic rings. The van der Waals surface area contributed by atoms with Crippen molar-refractivity contribution < 1.29 is 14.3 Å². The maximum atomic E-state index is 12.0. The SMILES string of the molecule is COc1ccc(OC)c(NC(N)=NCCNC(=O)c2ccc(Br)cc2)c1. The lowest BCUT2D eigenvalue weighted by molar-refractivity contribution is 0.0955. The van der Waals surface area contributed by atoms with Gasteiger partial charge in [-0.2, -0.15) is 0 Å². The molecule has 0 saturated heterocycles. The fraction of sp³-hybridized carbons (Fsp3) is 0.222. The fourth-order valence-corrected chi connectivity index (χ4v) is 2.40. The zero-order valence-electron chi connectivity index (χ0n) is 14.6. The van der Waals surface area contributed by atoms with Gasteiger partial charge in [-0.15, -0.1) is 0 Å². The van der Waals surface area contributed by atoms with Crippen LogP contribution in [-0.4, -0.2) is 39.2 Å². The molecule has 0 bridgehead atoms. The highest BCUT2D eigenvalue weighted by atomic mass is 79.9. The predicted octanol–water partition coefficient (Wildman–Crippen LogP) is 2.62. The van der Waals surface area contributed by atoms with E-state index in [0.717, 1.165) is 4.47 Å². The van der Waals surface area contributed by atoms with E-state index >= 15 is 0 Å². The molecule has 0 aliphatic heterocycles. The molecule has 0 radical (unpaired) electrons. The van der Waals surface area contributed by atoms with Crippen LogP contribution < -0.4 is 25.8 Å². The second kappa shape index (κ2) is 9.67. The Labute approximate surface area is 160 Å². The van der Waals surface area contributed by atoms with E-state index in [0.29, 0.717) is 35.8 Å². The molecule has 26 heavy (non-hydrogen) atoms. The van der Waals surface area contributed by atoms with Gasteiger partial charge in [0.15, 0.2) is 5.96 Å². The van der Waals surface area contributed by atoms with E-state index in [1.807, 2.05) is 12.1 Å². The van der Waals surface area contributed by atoms with Crippen LogP contribution in [-0.2, 0) is 0 Å². The van der Waals surface area contributed by atoms with Gasteiger partial charge < -0.3 is 25.8 Å². The van der Waals surface area contributed by atoms with Crippen molar-refractivity contribution in [2.24, 2.45) is 10.7 Å². The minimum Gasteiger partial charge on any atom is -0.497 e. The van der Waals surface area contributed by atoms with E-state index < -0.39 is 0 Å². The van der Waals surface area contributed by atoms with Crippen LogP contribution in [0.4, 0.5) is 5.69 Å². The van der Waals surface area contributed by atoms with Crippen molar-refractivity contribution in [3.63, 3.8) is 0 Å². The first-order valence-electron chi connectivity index (χ1n) is 7.86. The Bertz CT molecular complexity index is 779. The van der Waals surface area contributed by atoms with Crippen molar-refractivity contribution in [2.75, 3.05) is 32.6 Å². The van der Waals surface area contributed by atoms with Crippen molar-refractivity contribution in [3.05, 3.63) is 52.5 Å². The molecule has 0 spiro atoms. The number of nitrogens with zero attached hydrogens (tertiary/aromatic N) is 1. The first kappa shape index (κ1) is 19.6. The van der Waals surface area contributed by atoms with Crippen LogP contribution in [0.3, 0.4) is 0 Å². The van der Waals surface area contributed by atoms with Gasteiger partial charge in [-0.05, 0) is 36.4 Å². The van der Waals surface area contributed by atoms with Gasteiger partial charge in [0.1, 0.15) is 11.5 Å². The van der Waals surface area contributed by atoms with E-state index in [9.17, 15) is 4.79 Å². The number of hydrogen-bond donors (Lipinski definition) is 3. The maximum Gasteiger partial charge on any atom is 0.251 e. The van der Waals surface area contributed by atoms with Gasteiger partial charge in [-0.3, -0.25) is 9.79 Å². The van der Waals surface area contributed by atoms with Crippen molar-refractivity contribution in [3.8, 4) is 11.5 Å². The third-order valence-corrected chi connectivity index (χ3v) is 3.98. The largest absolute Gasteiger partial charge is 0.497 e. The summed E-state index contributed by atoms with van der Waals surface area (Å²) in [6, 6.07) is 12.4. The number of halogens is 1. The van der Waals surface area contributed by atoms with Crippen molar-refractivity contribution in [1.82, 2.24) is 5.32 Å². The summed E-state index contributed by atoms with van der Waals surface area (Å²) in [7, 11) is 3.15. The highest BCUT2D eigenvalue weighted by molar-refractivity contribution is 9.10. The molecule has 8 heteroatoms. The number of aliphatic imine (C=N–C) groups is 1. The molecule has 0 unspecified atom stereocenters. The number of amides is 1. The van der Waals surface area contributed by atoms with Gasteiger partial charge in [0, 0.05) is 22.6 Å². The Morgan fingerprint density at radius 1 is 1.15 bits per heavy atom. The summed E-state index contributed by atoms with van der Waals surface area (Å²) >= 11 is 3.33. The molecule has 2 aromatic carbocycles. The highest BCUT2D eigenvalue weighted by Crippen LogP contribution is 2.28. The summed E-state index contributed by atoms with van der Waals surface area (Å²) in [5.41, 5.74) is 7.12. The normalized spacial score (nSPS) is 11.0. The summed E-state index contributed by atoms with van der Waals surface area (Å²) in [5, 5.41) is 5.76. The van der Waals surface area contributed by atoms with E-state index in [1.54, 1.807) is 44.6 Å². The smallest absolute Gasteiger partial charge is 0.251 e. The average Bonchev–Trinajstić information content (AvgIpc) is 2.65. The Balaban J connectivity index is 1.86. The summed E-state index contributed by atoms with van der Waals surface area (Å²) < 4.78 is 11.4. The molecule has 0 aliphatic rings. The lowest BCUT2D eigenvalue weighted by atomic mass is 10.2. The number of nitrogens with two attached hydrogens (primary N) is 1. The van der Waals surface area contributed by atoms with Crippen LogP contribution in [0, 0.1) is 0 Å². The molecule has 7 nitrogen and oxygen atoms in total. The summed E-state index contributed by atoms with van der Waals surface area (Å²) in [6.45, 7) is 0.708. The van der Waals surface area contributed by atoms with Crippen LogP contribution in [0.25, 0.3) is 0 Å². The molecular weight excluding hydrogens is 400 g/mol. The second-order valence-corrected chi connectivity index (χ2v) is 6.14. The number of carbonyl (C=O) groups excluding carboxylic acids is 1. The maximum absolute atomic E-state index is 12.0. The van der Waals surface area contributed by atoms with Gasteiger partial charge in [0.2, 0.25) is 0 Å². The highest BCUT2D eigenvalue weighted by Gasteiger charge is 2.06. The van der Waals surface area contributed by atoms with Crippen molar-refractivity contribution in [2.45, 2.75) is 0 Å². The number of anilines is 1. The topological polar surface area (TPSA) is 98.0 Å². The number of nitrogens with one attached hydrogen (secondary N) is 2. The van der Waals surface area contributed by atoms with E-state index in [1.165, 1.54) is 0 Å². The summed E-state index contributed by atoms with van der Waals surface area (Å²) in [5.74, 6) is 1.35. The van der Waals surface area contributed by atoms with Gasteiger partial charge in [-0.25, -0.2) is 0 Å². The molecule has 0 fully saturated rings. The van der Waals surface area contributed by atoms with Gasteiger partial charge in [0.05, 0.1) is 26.5 Å². The van der Waals surface area contributed by atoms with Gasteiger partial charge in [0.25, 0.3) is 5.91 Å². The quantitative estimate of drug-likeness (QED) is 0.363. The van der Waals surface area contributed by atoms with Crippen molar-refractivity contribution >= 4 is 33.5 Å². The van der Waals surface area contributed by atoms with Crippen LogP contribution in [0.1, 0.15) is 10.4 Å². The Hall–Kier alpha value is -2.74. The van der Waals surface area contributed by atoms with E-state index in [-0.39, 0.29) is 11.9 Å². The Morgan fingerprint density at radius 3 is 2.54 bits per heavy atom. The molecule has 0 aromatic heterocycles. The molecule has 0 saturated carbocycles. The molecule has 0 heterocycles. The molecular formula is C18H21BrN4O3. The van der Waals surface area contributed by atoms with Gasteiger partial charge in [-0.1, -0.05) is 15.9 Å². The lowest BCUT2D eigenvalue weighted by Gasteiger charge is -2.12. The molecule has 138 valence electrons. The number of ether oxygens (including phenoxy) is 2. The minimum atomic E-state index is -0.159. The van der Waals surface area contributed by atoms with E-state index in [4.69, 9.17) is 15.2 Å². The minimum absolute atomic E-state index is 0.159. The summed E-state index contributed by atoms with van der Waals surface area (Å²) in [6.07, 6.45) is 0. The number of hydrogen-bond acceptors (Lipinski definition) is 4. The fourth-order valence-electron chi connectivity index (χ4n) is 2.14. The Kier molecular flexibility index (Phi) is 7.28. The van der Waals surface area contributed by atoms with Crippen LogP contribution in [0.2, 0.25) is 0 Å². The standard InChI is InChI=1S/C18H21BrN4O3/c1-25-14-7-8-16(26-2)15(11-14)23-18(20)22-10-9-21-17(24)12-3-5-13(19)6-4-12/h3-8,11H,9-10H2,1-2H3,(H,21,24)(H3,20,22,23). The zero-order valence-corrected chi connectivity index (χ0v) is 16.2. The average molecular weight is 421 g/mol. The number of carbonyl (C=O) groups is 1. The Morgan fingerprint density at radius 2 is 1.88 bits per heavy atom. The number of guanidine groups is 1. The third-order valence-electron chi connectivity index (χ3n) is 3.46.